The number of hydrogen-bond acceptors (Lipinski definition) is 5. The van der Waals surface area contributed by atoms with Crippen molar-refractivity contribution in [2.45, 2.75) is 32.4 Å². The summed E-state index contributed by atoms with van der Waals surface area (Å²) >= 11 is 0. The molecule has 0 spiro atoms. The minimum absolute atomic E-state index is 0.516. The van der Waals surface area contributed by atoms with Crippen molar-refractivity contribution < 1.29 is 4.74 Å². The Kier molecular flexibility index (Phi) is 5.15. The molecule has 1 atom stereocenters. The Morgan fingerprint density at radius 1 is 1.03 bits per heavy atom. The molecule has 0 N–H and O–H groups in total. The molecule has 6 nitrogen and oxygen atoms in total. The number of likely N-dealkylation sites (tertiary alicyclic amines) is 1. The Hall–Kier alpha value is -3.25. The molecular formula is C24H25N5O. The first-order chi connectivity index (χ1) is 14.8. The van der Waals surface area contributed by atoms with Crippen LogP contribution in [0.5, 0.6) is 11.5 Å². The summed E-state index contributed by atoms with van der Waals surface area (Å²) in [5.41, 5.74) is 2.85. The van der Waals surface area contributed by atoms with Gasteiger partial charge in [-0.05, 0) is 62.3 Å². The molecule has 2 aromatic heterocycles. The molecule has 4 aromatic rings. The number of para-hydroxylation sites is 1. The van der Waals surface area contributed by atoms with E-state index in [0.717, 1.165) is 46.9 Å². The van der Waals surface area contributed by atoms with Gasteiger partial charge in [-0.25, -0.2) is 14.6 Å². The highest BCUT2D eigenvalue weighted by Crippen LogP contribution is 2.30. The fourth-order valence-electron chi connectivity index (χ4n) is 4.28. The highest BCUT2D eigenvalue weighted by molar-refractivity contribution is 5.90. The van der Waals surface area contributed by atoms with E-state index in [1.54, 1.807) is 6.33 Å². The first kappa shape index (κ1) is 18.8. The van der Waals surface area contributed by atoms with Crippen molar-refractivity contribution in [3.05, 3.63) is 67.1 Å². The number of ether oxygens (including phenoxy) is 1. The van der Waals surface area contributed by atoms with Crippen molar-refractivity contribution in [2.24, 2.45) is 0 Å². The summed E-state index contributed by atoms with van der Waals surface area (Å²) in [5, 5.41) is 5.93. The molecular weight excluding hydrogens is 374 g/mol. The third-order valence-corrected chi connectivity index (χ3v) is 5.81. The molecule has 5 rings (SSSR count). The molecule has 6 heteroatoms. The van der Waals surface area contributed by atoms with Crippen LogP contribution in [0.2, 0.25) is 0 Å². The zero-order valence-corrected chi connectivity index (χ0v) is 17.1. The third kappa shape index (κ3) is 3.66. The lowest BCUT2D eigenvalue weighted by Gasteiger charge is -2.22. The normalized spacial score (nSPS) is 16.9. The molecule has 0 amide bonds. The lowest BCUT2D eigenvalue weighted by atomic mass is 10.1. The van der Waals surface area contributed by atoms with Crippen molar-refractivity contribution in [3.63, 3.8) is 0 Å². The van der Waals surface area contributed by atoms with Crippen LogP contribution in [-0.4, -0.2) is 43.8 Å². The maximum atomic E-state index is 5.92. The van der Waals surface area contributed by atoms with Gasteiger partial charge in [0.1, 0.15) is 23.5 Å². The molecule has 0 saturated carbocycles. The van der Waals surface area contributed by atoms with Crippen molar-refractivity contribution >= 4 is 11.0 Å². The van der Waals surface area contributed by atoms with Gasteiger partial charge < -0.3 is 4.74 Å². The zero-order valence-electron chi connectivity index (χ0n) is 17.1. The molecule has 1 saturated heterocycles. The summed E-state index contributed by atoms with van der Waals surface area (Å²) in [4.78, 5) is 11.3. The molecule has 3 heterocycles. The first-order valence-corrected chi connectivity index (χ1v) is 10.6. The quantitative estimate of drug-likeness (QED) is 0.467. The second-order valence-electron chi connectivity index (χ2n) is 7.65. The molecule has 0 aliphatic carbocycles. The Balaban J connectivity index is 1.44. The number of benzene rings is 2. The summed E-state index contributed by atoms with van der Waals surface area (Å²) in [5.74, 6) is 1.62. The highest BCUT2D eigenvalue weighted by atomic mass is 16.5. The predicted octanol–water partition coefficient (Wildman–Crippen LogP) is 4.77. The van der Waals surface area contributed by atoms with Gasteiger partial charge in [-0.15, -0.1) is 0 Å². The fourth-order valence-corrected chi connectivity index (χ4v) is 4.28. The van der Waals surface area contributed by atoms with Crippen LogP contribution in [0.25, 0.3) is 22.3 Å². The topological polar surface area (TPSA) is 56.1 Å². The summed E-state index contributed by atoms with van der Waals surface area (Å²) in [6.45, 7) is 5.34. The van der Waals surface area contributed by atoms with Crippen molar-refractivity contribution in [3.8, 4) is 22.8 Å². The largest absolute Gasteiger partial charge is 0.457 e. The summed E-state index contributed by atoms with van der Waals surface area (Å²) in [6, 6.07) is 18.4. The molecule has 30 heavy (non-hydrogen) atoms. The maximum absolute atomic E-state index is 5.92. The number of hydrogen-bond donors (Lipinski definition) is 0. The van der Waals surface area contributed by atoms with E-state index in [4.69, 9.17) is 9.84 Å². The van der Waals surface area contributed by atoms with Crippen molar-refractivity contribution in [1.29, 1.82) is 0 Å². The number of aromatic nitrogens is 4. The lowest BCUT2D eigenvalue weighted by molar-refractivity contribution is 0.240. The van der Waals surface area contributed by atoms with Crippen LogP contribution in [0.3, 0.4) is 0 Å². The van der Waals surface area contributed by atoms with Gasteiger partial charge in [0.2, 0.25) is 0 Å². The van der Waals surface area contributed by atoms with Crippen LogP contribution < -0.4 is 4.74 Å². The molecule has 152 valence electrons. The Bertz CT molecular complexity index is 1120. The number of fused-ring (bicyclic) bond motifs is 1. The summed E-state index contributed by atoms with van der Waals surface area (Å²) in [6.07, 6.45) is 5.93. The van der Waals surface area contributed by atoms with E-state index in [0.29, 0.717) is 6.04 Å². The average Bonchev–Trinajstić information content (AvgIpc) is 3.40. The van der Waals surface area contributed by atoms with Gasteiger partial charge in [-0.2, -0.15) is 5.10 Å². The van der Waals surface area contributed by atoms with Gasteiger partial charge >= 0.3 is 0 Å². The first-order valence-electron chi connectivity index (χ1n) is 10.6. The third-order valence-electron chi connectivity index (χ3n) is 5.81. The van der Waals surface area contributed by atoms with Crippen molar-refractivity contribution in [1.82, 2.24) is 24.6 Å². The predicted molar refractivity (Wildman–Crippen MR) is 118 cm³/mol. The maximum Gasteiger partial charge on any atom is 0.161 e. The van der Waals surface area contributed by atoms with E-state index < -0.39 is 0 Å². The lowest BCUT2D eigenvalue weighted by Crippen LogP contribution is -2.33. The second kappa shape index (κ2) is 8.24. The van der Waals surface area contributed by atoms with Gasteiger partial charge in [0.15, 0.2) is 5.65 Å². The number of rotatable bonds is 6. The van der Waals surface area contributed by atoms with Crippen LogP contribution in [0, 0.1) is 0 Å². The second-order valence-corrected chi connectivity index (χ2v) is 7.65. The van der Waals surface area contributed by atoms with Gasteiger partial charge in [0.05, 0.1) is 11.9 Å². The molecule has 1 aliphatic rings. The van der Waals surface area contributed by atoms with E-state index in [-0.39, 0.29) is 0 Å². The van der Waals surface area contributed by atoms with Crippen LogP contribution in [0.1, 0.15) is 19.8 Å². The van der Waals surface area contributed by atoms with Crippen LogP contribution in [-0.2, 0) is 6.54 Å². The molecule has 0 bridgehead atoms. The Labute approximate surface area is 176 Å². The average molecular weight is 399 g/mol. The standard InChI is InChI=1S/C24H25N5O/c1-2-28-14-6-7-19(28)16-29-24-22(15-25-17-26-24)23(27-29)18-10-12-21(13-11-18)30-20-8-4-3-5-9-20/h3-5,8-13,15,17,19H,2,6-7,14,16H2,1H3/t19-/m0/s1. The van der Waals surface area contributed by atoms with E-state index in [1.165, 1.54) is 19.4 Å². The smallest absolute Gasteiger partial charge is 0.161 e. The zero-order chi connectivity index (χ0) is 20.3. The molecule has 0 unspecified atom stereocenters. The minimum atomic E-state index is 0.516. The van der Waals surface area contributed by atoms with Gasteiger partial charge in [-0.1, -0.05) is 25.1 Å². The van der Waals surface area contributed by atoms with Gasteiger partial charge in [-0.3, -0.25) is 4.90 Å². The van der Waals surface area contributed by atoms with Crippen LogP contribution >= 0.6 is 0 Å². The molecule has 1 fully saturated rings. The fraction of sp³-hybridized carbons (Fsp3) is 0.292. The highest BCUT2D eigenvalue weighted by Gasteiger charge is 2.25. The number of nitrogens with zero attached hydrogens (tertiary/aromatic N) is 5. The minimum Gasteiger partial charge on any atom is -0.457 e. The Morgan fingerprint density at radius 3 is 2.63 bits per heavy atom. The van der Waals surface area contributed by atoms with E-state index >= 15 is 0 Å². The van der Waals surface area contributed by atoms with Crippen molar-refractivity contribution in [2.75, 3.05) is 13.1 Å². The Morgan fingerprint density at radius 2 is 1.83 bits per heavy atom. The van der Waals surface area contributed by atoms with E-state index in [9.17, 15) is 0 Å². The number of likely N-dealkylation sites (N-methyl/N-ethyl adjacent to an activating group) is 1. The summed E-state index contributed by atoms with van der Waals surface area (Å²) in [7, 11) is 0. The molecule has 2 aromatic carbocycles. The van der Waals surface area contributed by atoms with Gasteiger partial charge in [0, 0.05) is 17.8 Å². The van der Waals surface area contributed by atoms with Gasteiger partial charge in [0.25, 0.3) is 0 Å². The SMILES string of the molecule is CCN1CCC[C@H]1Cn1nc(-c2ccc(Oc3ccccc3)cc2)c2cncnc21. The monoisotopic (exact) mass is 399 g/mol. The summed E-state index contributed by atoms with van der Waals surface area (Å²) < 4.78 is 7.97. The van der Waals surface area contributed by atoms with E-state index in [1.807, 2.05) is 60.8 Å². The van der Waals surface area contributed by atoms with Crippen LogP contribution in [0.15, 0.2) is 67.1 Å². The molecule has 1 aliphatic heterocycles. The molecule has 0 radical (unpaired) electrons. The van der Waals surface area contributed by atoms with Crippen LogP contribution in [0.4, 0.5) is 0 Å². The van der Waals surface area contributed by atoms with E-state index in [2.05, 4.69) is 26.5 Å².